The Labute approximate surface area is 229 Å². The lowest BCUT2D eigenvalue weighted by atomic mass is 9.98. The fourth-order valence-electron chi connectivity index (χ4n) is 4.11. The zero-order chi connectivity index (χ0) is 26.5. The van der Waals surface area contributed by atoms with Crippen molar-refractivity contribution in [2.75, 3.05) is 11.1 Å². The number of anilines is 1. The van der Waals surface area contributed by atoms with E-state index < -0.39 is 0 Å². The second-order valence-electron chi connectivity index (χ2n) is 8.25. The number of nitrogens with zero attached hydrogens (tertiary/aromatic N) is 4. The first-order valence-corrected chi connectivity index (χ1v) is 13.2. The van der Waals surface area contributed by atoms with Crippen LogP contribution in [0, 0.1) is 11.3 Å². The molecule has 0 saturated heterocycles. The molecule has 0 bridgehead atoms. The summed E-state index contributed by atoms with van der Waals surface area (Å²) in [7, 11) is 0. The molecule has 0 saturated carbocycles. The Hall–Kier alpha value is -4.32. The van der Waals surface area contributed by atoms with Crippen molar-refractivity contribution in [1.82, 2.24) is 14.8 Å². The SMILES string of the molecule is CCn1c(SCC(=O)Nc2oc(-c3ccccc3)c(-c3ccccc3)c2C#N)nnc1-c1cccc(Cl)c1. The molecule has 7 nitrogen and oxygen atoms in total. The summed E-state index contributed by atoms with van der Waals surface area (Å²) in [4.78, 5) is 13.0. The predicted molar refractivity (Wildman–Crippen MR) is 150 cm³/mol. The minimum atomic E-state index is -0.325. The molecule has 3 aromatic carbocycles. The van der Waals surface area contributed by atoms with Gasteiger partial charge in [-0.2, -0.15) is 5.26 Å². The Morgan fingerprint density at radius 1 is 1.00 bits per heavy atom. The average molecular weight is 540 g/mol. The van der Waals surface area contributed by atoms with E-state index in [1.165, 1.54) is 11.8 Å². The third kappa shape index (κ3) is 5.21. The summed E-state index contributed by atoms with van der Waals surface area (Å²) in [6.07, 6.45) is 0. The number of halogens is 1. The van der Waals surface area contributed by atoms with E-state index in [-0.39, 0.29) is 23.1 Å². The number of aromatic nitrogens is 3. The van der Waals surface area contributed by atoms with Gasteiger partial charge in [0.05, 0.1) is 5.75 Å². The van der Waals surface area contributed by atoms with Gasteiger partial charge in [-0.1, -0.05) is 96.2 Å². The largest absolute Gasteiger partial charge is 0.438 e. The Kier molecular flexibility index (Phi) is 7.59. The molecule has 0 unspecified atom stereocenters. The number of furan rings is 1. The van der Waals surface area contributed by atoms with Crippen LogP contribution in [0.5, 0.6) is 0 Å². The smallest absolute Gasteiger partial charge is 0.237 e. The highest BCUT2D eigenvalue weighted by molar-refractivity contribution is 7.99. The number of hydrogen-bond acceptors (Lipinski definition) is 6. The van der Waals surface area contributed by atoms with E-state index in [4.69, 9.17) is 16.0 Å². The second kappa shape index (κ2) is 11.4. The quantitative estimate of drug-likeness (QED) is 0.210. The van der Waals surface area contributed by atoms with Gasteiger partial charge in [0.15, 0.2) is 11.0 Å². The first-order chi connectivity index (χ1) is 18.6. The Bertz CT molecular complexity index is 1620. The number of amides is 1. The van der Waals surface area contributed by atoms with Crippen LogP contribution < -0.4 is 5.32 Å². The first-order valence-electron chi connectivity index (χ1n) is 11.9. The van der Waals surface area contributed by atoms with E-state index in [0.717, 1.165) is 16.7 Å². The molecule has 0 aliphatic rings. The van der Waals surface area contributed by atoms with Crippen molar-refractivity contribution >= 4 is 35.2 Å². The summed E-state index contributed by atoms with van der Waals surface area (Å²) >= 11 is 7.40. The molecule has 5 rings (SSSR count). The first kappa shape index (κ1) is 25.3. The highest BCUT2D eigenvalue weighted by Crippen LogP contribution is 2.41. The molecule has 188 valence electrons. The van der Waals surface area contributed by atoms with Crippen molar-refractivity contribution in [2.24, 2.45) is 0 Å². The van der Waals surface area contributed by atoms with Gasteiger partial charge < -0.3 is 8.98 Å². The maximum atomic E-state index is 13.0. The van der Waals surface area contributed by atoms with Crippen LogP contribution >= 0.6 is 23.4 Å². The van der Waals surface area contributed by atoms with E-state index in [1.807, 2.05) is 90.4 Å². The summed E-state index contributed by atoms with van der Waals surface area (Å²) in [5.74, 6) is 1.05. The van der Waals surface area contributed by atoms with Crippen LogP contribution in [0.3, 0.4) is 0 Å². The molecule has 2 heterocycles. The maximum Gasteiger partial charge on any atom is 0.237 e. The van der Waals surface area contributed by atoms with Crippen LogP contribution in [0.15, 0.2) is 94.5 Å². The number of carbonyl (C=O) groups excluding carboxylic acids is 1. The van der Waals surface area contributed by atoms with Crippen LogP contribution in [-0.2, 0) is 11.3 Å². The summed E-state index contributed by atoms with van der Waals surface area (Å²) in [5.41, 5.74) is 3.39. The van der Waals surface area contributed by atoms with Gasteiger partial charge in [-0.05, 0) is 24.6 Å². The number of nitriles is 1. The number of benzene rings is 3. The van der Waals surface area contributed by atoms with Crippen LogP contribution in [0.1, 0.15) is 12.5 Å². The summed E-state index contributed by atoms with van der Waals surface area (Å²) in [5, 5.41) is 22.6. The van der Waals surface area contributed by atoms with Crippen LogP contribution in [0.2, 0.25) is 5.02 Å². The van der Waals surface area contributed by atoms with Gasteiger partial charge in [0, 0.05) is 28.3 Å². The van der Waals surface area contributed by atoms with Gasteiger partial charge in [0.25, 0.3) is 0 Å². The predicted octanol–water partition coefficient (Wildman–Crippen LogP) is 7.15. The molecule has 0 aliphatic carbocycles. The molecule has 0 spiro atoms. The van der Waals surface area contributed by atoms with Gasteiger partial charge in [-0.3, -0.25) is 10.1 Å². The van der Waals surface area contributed by atoms with E-state index in [1.54, 1.807) is 6.07 Å². The Morgan fingerprint density at radius 2 is 1.68 bits per heavy atom. The lowest BCUT2D eigenvalue weighted by molar-refractivity contribution is -0.113. The third-order valence-electron chi connectivity index (χ3n) is 5.82. The highest BCUT2D eigenvalue weighted by Gasteiger charge is 2.24. The molecule has 1 amide bonds. The van der Waals surface area contributed by atoms with E-state index in [0.29, 0.717) is 33.9 Å². The summed E-state index contributed by atoms with van der Waals surface area (Å²) < 4.78 is 8.04. The normalized spacial score (nSPS) is 10.8. The molecular formula is C29H22ClN5O2S. The van der Waals surface area contributed by atoms with Crippen LogP contribution in [0.25, 0.3) is 33.8 Å². The molecule has 38 heavy (non-hydrogen) atoms. The van der Waals surface area contributed by atoms with Crippen molar-refractivity contribution in [1.29, 1.82) is 5.26 Å². The fraction of sp³-hybridized carbons (Fsp3) is 0.103. The molecule has 2 aromatic heterocycles. The molecule has 5 aromatic rings. The molecular weight excluding hydrogens is 518 g/mol. The van der Waals surface area contributed by atoms with E-state index >= 15 is 0 Å². The fourth-order valence-corrected chi connectivity index (χ4v) is 5.11. The van der Waals surface area contributed by atoms with E-state index in [2.05, 4.69) is 21.6 Å². The van der Waals surface area contributed by atoms with Crippen molar-refractivity contribution in [3.8, 4) is 39.9 Å². The molecule has 0 radical (unpaired) electrons. The number of rotatable bonds is 8. The third-order valence-corrected chi connectivity index (χ3v) is 7.02. The van der Waals surface area contributed by atoms with Crippen molar-refractivity contribution in [2.45, 2.75) is 18.6 Å². The Morgan fingerprint density at radius 3 is 2.34 bits per heavy atom. The second-order valence-corrected chi connectivity index (χ2v) is 9.63. The van der Waals surface area contributed by atoms with Crippen molar-refractivity contribution in [3.63, 3.8) is 0 Å². The van der Waals surface area contributed by atoms with E-state index in [9.17, 15) is 10.1 Å². The lowest BCUT2D eigenvalue weighted by Gasteiger charge is -2.07. The molecule has 0 atom stereocenters. The van der Waals surface area contributed by atoms with Gasteiger partial charge >= 0.3 is 0 Å². The minimum absolute atomic E-state index is 0.0561. The summed E-state index contributed by atoms with van der Waals surface area (Å²) in [6, 6.07) is 28.7. The molecule has 0 aliphatic heterocycles. The number of nitrogens with one attached hydrogen (secondary N) is 1. The topological polar surface area (TPSA) is 96.7 Å². The molecule has 9 heteroatoms. The average Bonchev–Trinajstić information content (AvgIpc) is 3.53. The van der Waals surface area contributed by atoms with Gasteiger partial charge in [0.1, 0.15) is 17.4 Å². The zero-order valence-corrected chi connectivity index (χ0v) is 22.0. The highest BCUT2D eigenvalue weighted by atomic mass is 35.5. The summed E-state index contributed by atoms with van der Waals surface area (Å²) in [6.45, 7) is 2.61. The molecule has 0 fully saturated rings. The Balaban J connectivity index is 1.40. The van der Waals surface area contributed by atoms with Crippen molar-refractivity contribution < 1.29 is 9.21 Å². The zero-order valence-electron chi connectivity index (χ0n) is 20.4. The van der Waals surface area contributed by atoms with Crippen LogP contribution in [0.4, 0.5) is 5.88 Å². The standard InChI is InChI=1S/C29H22ClN5O2S/c1-2-35-27(21-14-9-15-22(30)16-21)33-34-29(35)38-18-24(36)32-28-23(17-31)25(19-10-5-3-6-11-19)26(37-28)20-12-7-4-8-13-20/h3-16H,2,18H2,1H3,(H,32,36). The molecule has 1 N–H and O–H groups in total. The number of carbonyl (C=O) groups is 1. The maximum absolute atomic E-state index is 13.0. The van der Waals surface area contributed by atoms with Crippen LogP contribution in [-0.4, -0.2) is 26.4 Å². The lowest BCUT2D eigenvalue weighted by Crippen LogP contribution is -2.15. The van der Waals surface area contributed by atoms with Crippen molar-refractivity contribution in [3.05, 3.63) is 95.5 Å². The van der Waals surface area contributed by atoms with Gasteiger partial charge in [-0.25, -0.2) is 0 Å². The monoisotopic (exact) mass is 539 g/mol. The number of hydrogen-bond donors (Lipinski definition) is 1. The van der Waals surface area contributed by atoms with Gasteiger partial charge in [0.2, 0.25) is 11.8 Å². The van der Waals surface area contributed by atoms with Gasteiger partial charge in [-0.15, -0.1) is 10.2 Å². The number of thioether (sulfide) groups is 1. The minimum Gasteiger partial charge on any atom is -0.438 e.